The number of ketones is 1. The number of methoxy groups -OCH3 is 1. The summed E-state index contributed by atoms with van der Waals surface area (Å²) in [5.41, 5.74) is 2.85. The monoisotopic (exact) mass is 450 g/mol. The maximum Gasteiger partial charge on any atom is 0.240 e. The fraction of sp³-hybridized carbons (Fsp3) is 0.179. The zero-order valence-electron chi connectivity index (χ0n) is 18.5. The lowest BCUT2D eigenvalue weighted by molar-refractivity contribution is -0.122. The Morgan fingerprint density at radius 1 is 0.824 bits per heavy atom. The summed E-state index contributed by atoms with van der Waals surface area (Å²) in [5, 5.41) is 0. The molecule has 6 rings (SSSR count). The number of nitrogens with zero attached hydrogens (tertiary/aromatic N) is 2. The first-order valence-corrected chi connectivity index (χ1v) is 11.3. The van der Waals surface area contributed by atoms with Gasteiger partial charge < -0.3 is 9.64 Å². The number of anilines is 2. The van der Waals surface area contributed by atoms with E-state index in [4.69, 9.17) is 4.74 Å². The molecule has 2 amide bonds. The fourth-order valence-electron chi connectivity index (χ4n) is 5.57. The third-order valence-corrected chi connectivity index (χ3v) is 7.07. The largest absolute Gasteiger partial charge is 0.497 e. The van der Waals surface area contributed by atoms with Crippen LogP contribution in [0.5, 0.6) is 5.75 Å². The minimum absolute atomic E-state index is 0.179. The van der Waals surface area contributed by atoms with Crippen LogP contribution in [0, 0.1) is 11.8 Å². The van der Waals surface area contributed by atoms with E-state index < -0.39 is 17.9 Å². The molecule has 0 saturated carbocycles. The van der Waals surface area contributed by atoms with Gasteiger partial charge in [-0.15, -0.1) is 0 Å². The number of hydrogen-bond acceptors (Lipinski definition) is 5. The molecule has 6 nitrogen and oxygen atoms in total. The summed E-state index contributed by atoms with van der Waals surface area (Å²) in [4.78, 5) is 44.7. The standard InChI is InChI=1S/C28H22N2O4/c1-34-20-14-11-18(12-15-20)26(31)25-24-23(22-16-13-17-7-5-6-10-21(17)30(22)25)27(32)29(28(24)33)19-8-3-2-4-9-19/h2-16,22-25H,1H3/t22-,23-,24-,25+/m0/s1. The molecule has 0 unspecified atom stereocenters. The minimum atomic E-state index is -0.792. The van der Waals surface area contributed by atoms with Gasteiger partial charge in [0, 0.05) is 11.3 Å². The van der Waals surface area contributed by atoms with Gasteiger partial charge >= 0.3 is 0 Å². The van der Waals surface area contributed by atoms with Crippen LogP contribution < -0.4 is 14.5 Å². The number of rotatable bonds is 4. The highest BCUT2D eigenvalue weighted by atomic mass is 16.5. The Kier molecular flexibility index (Phi) is 4.62. The van der Waals surface area contributed by atoms with Crippen molar-refractivity contribution in [1.82, 2.24) is 0 Å². The molecular formula is C28H22N2O4. The van der Waals surface area contributed by atoms with Gasteiger partial charge in [0.2, 0.25) is 11.8 Å². The van der Waals surface area contributed by atoms with Crippen LogP contribution in [0.15, 0.2) is 84.9 Å². The molecule has 2 fully saturated rings. The lowest BCUT2D eigenvalue weighted by atomic mass is 9.86. The van der Waals surface area contributed by atoms with E-state index in [9.17, 15) is 14.4 Å². The van der Waals surface area contributed by atoms with Crippen molar-refractivity contribution >= 4 is 35.0 Å². The van der Waals surface area contributed by atoms with Crippen molar-refractivity contribution in [3.05, 3.63) is 96.1 Å². The van der Waals surface area contributed by atoms with Crippen LogP contribution >= 0.6 is 0 Å². The second kappa shape index (κ2) is 7.70. The van der Waals surface area contributed by atoms with Gasteiger partial charge in [0.25, 0.3) is 0 Å². The number of Topliss-reactive ketones (excluding diaryl/α,β-unsaturated/α-hetero) is 1. The third kappa shape index (κ3) is 2.85. The van der Waals surface area contributed by atoms with Gasteiger partial charge in [-0.05, 0) is 48.0 Å². The molecule has 0 aliphatic carbocycles. The average molecular weight is 450 g/mol. The van der Waals surface area contributed by atoms with Gasteiger partial charge in [-0.25, -0.2) is 4.90 Å². The SMILES string of the molecule is COc1ccc(C(=O)[C@H]2[C@H]3C(=O)N(c4ccccc4)C(=O)[C@H]3[C@@H]3C=Cc4ccccc4N32)cc1. The number of ether oxygens (including phenoxy) is 1. The first-order chi connectivity index (χ1) is 16.6. The summed E-state index contributed by atoms with van der Waals surface area (Å²) < 4.78 is 5.23. The van der Waals surface area contributed by atoms with Crippen molar-refractivity contribution in [1.29, 1.82) is 0 Å². The fourth-order valence-corrected chi connectivity index (χ4v) is 5.57. The Hall–Kier alpha value is -4.19. The van der Waals surface area contributed by atoms with Crippen LogP contribution in [-0.2, 0) is 9.59 Å². The van der Waals surface area contributed by atoms with E-state index in [1.54, 1.807) is 55.6 Å². The Morgan fingerprint density at radius 3 is 2.24 bits per heavy atom. The van der Waals surface area contributed by atoms with Crippen LogP contribution in [0.2, 0.25) is 0 Å². The van der Waals surface area contributed by atoms with Crippen LogP contribution in [-0.4, -0.2) is 36.8 Å². The van der Waals surface area contributed by atoms with E-state index >= 15 is 0 Å². The molecule has 3 aromatic carbocycles. The molecule has 0 aromatic heterocycles. The van der Waals surface area contributed by atoms with Crippen molar-refractivity contribution in [3.8, 4) is 5.75 Å². The molecule has 0 spiro atoms. The zero-order valence-corrected chi connectivity index (χ0v) is 18.5. The Labute approximate surface area is 197 Å². The van der Waals surface area contributed by atoms with E-state index in [-0.39, 0.29) is 23.6 Å². The van der Waals surface area contributed by atoms with Gasteiger partial charge in [-0.2, -0.15) is 0 Å². The van der Waals surface area contributed by atoms with E-state index in [1.807, 2.05) is 47.4 Å². The highest BCUT2D eigenvalue weighted by Gasteiger charge is 2.64. The summed E-state index contributed by atoms with van der Waals surface area (Å²) >= 11 is 0. The quantitative estimate of drug-likeness (QED) is 0.445. The topological polar surface area (TPSA) is 66.9 Å². The minimum Gasteiger partial charge on any atom is -0.497 e. The molecule has 3 aliphatic heterocycles. The molecule has 0 radical (unpaired) electrons. The maximum atomic E-state index is 14.0. The van der Waals surface area contributed by atoms with Gasteiger partial charge in [0.15, 0.2) is 5.78 Å². The molecule has 6 heteroatoms. The summed E-state index contributed by atoms with van der Waals surface area (Å²) in [6.07, 6.45) is 3.94. The summed E-state index contributed by atoms with van der Waals surface area (Å²) in [6.45, 7) is 0. The van der Waals surface area contributed by atoms with Crippen molar-refractivity contribution < 1.29 is 19.1 Å². The van der Waals surface area contributed by atoms with Crippen LogP contribution in [0.4, 0.5) is 11.4 Å². The highest BCUT2D eigenvalue weighted by Crippen LogP contribution is 2.49. The van der Waals surface area contributed by atoms with E-state index in [2.05, 4.69) is 0 Å². The van der Waals surface area contributed by atoms with E-state index in [0.717, 1.165) is 11.3 Å². The van der Waals surface area contributed by atoms with Gasteiger partial charge in [-0.3, -0.25) is 14.4 Å². The average Bonchev–Trinajstić information content (AvgIpc) is 3.37. The molecule has 3 aliphatic rings. The number of para-hydroxylation sites is 2. The number of benzene rings is 3. The summed E-state index contributed by atoms with van der Waals surface area (Å²) in [5.74, 6) is -1.53. The first kappa shape index (κ1) is 20.4. The van der Waals surface area contributed by atoms with Crippen molar-refractivity contribution in [2.45, 2.75) is 12.1 Å². The Bertz CT molecular complexity index is 1330. The highest BCUT2D eigenvalue weighted by molar-refractivity contribution is 6.25. The lowest BCUT2D eigenvalue weighted by Crippen LogP contribution is -2.48. The number of imide groups is 1. The zero-order chi connectivity index (χ0) is 23.4. The lowest BCUT2D eigenvalue weighted by Gasteiger charge is -2.36. The van der Waals surface area contributed by atoms with Crippen molar-refractivity contribution in [2.24, 2.45) is 11.8 Å². The van der Waals surface area contributed by atoms with Gasteiger partial charge in [-0.1, -0.05) is 48.6 Å². The molecule has 4 atom stereocenters. The molecule has 0 N–H and O–H groups in total. The van der Waals surface area contributed by atoms with E-state index in [1.165, 1.54) is 4.90 Å². The normalized spacial score (nSPS) is 24.6. The molecule has 2 saturated heterocycles. The molecule has 0 bridgehead atoms. The number of carbonyl (C=O) groups excluding carboxylic acids is 3. The number of hydrogen-bond donors (Lipinski definition) is 0. The van der Waals surface area contributed by atoms with Crippen molar-refractivity contribution in [3.63, 3.8) is 0 Å². The second-order valence-electron chi connectivity index (χ2n) is 8.75. The van der Waals surface area contributed by atoms with Gasteiger partial charge in [0.1, 0.15) is 11.8 Å². The van der Waals surface area contributed by atoms with Gasteiger partial charge in [0.05, 0.1) is 30.7 Å². The predicted molar refractivity (Wildman–Crippen MR) is 129 cm³/mol. The smallest absolute Gasteiger partial charge is 0.240 e. The first-order valence-electron chi connectivity index (χ1n) is 11.3. The molecule has 168 valence electrons. The third-order valence-electron chi connectivity index (χ3n) is 7.07. The van der Waals surface area contributed by atoms with Crippen molar-refractivity contribution in [2.75, 3.05) is 16.9 Å². The van der Waals surface area contributed by atoms with Crippen LogP contribution in [0.3, 0.4) is 0 Å². The second-order valence-corrected chi connectivity index (χ2v) is 8.75. The molecule has 34 heavy (non-hydrogen) atoms. The van der Waals surface area contributed by atoms with Crippen LogP contribution in [0.25, 0.3) is 6.08 Å². The maximum absolute atomic E-state index is 14.0. The van der Waals surface area contributed by atoms with E-state index in [0.29, 0.717) is 17.0 Å². The molecule has 3 heterocycles. The summed E-state index contributed by atoms with van der Waals surface area (Å²) in [6, 6.07) is 22.4. The predicted octanol–water partition coefficient (Wildman–Crippen LogP) is 3.97. The Morgan fingerprint density at radius 2 is 1.50 bits per heavy atom. The Balaban J connectivity index is 1.48. The number of amides is 2. The number of carbonyl (C=O) groups is 3. The summed E-state index contributed by atoms with van der Waals surface area (Å²) in [7, 11) is 1.57. The molecule has 3 aromatic rings. The van der Waals surface area contributed by atoms with Crippen LogP contribution in [0.1, 0.15) is 15.9 Å². The number of fused-ring (bicyclic) bond motifs is 5. The molecular weight excluding hydrogens is 428 g/mol.